The van der Waals surface area contributed by atoms with Gasteiger partial charge in [-0.3, -0.25) is 4.90 Å². The van der Waals surface area contributed by atoms with Crippen molar-refractivity contribution >= 4 is 23.2 Å². The van der Waals surface area contributed by atoms with E-state index in [2.05, 4.69) is 64.4 Å². The van der Waals surface area contributed by atoms with Crippen LogP contribution in [0.4, 0.5) is 0 Å². The normalized spacial score (nSPS) is 26.6. The highest BCUT2D eigenvalue weighted by Crippen LogP contribution is 2.53. The molecule has 2 bridgehead atoms. The van der Waals surface area contributed by atoms with Gasteiger partial charge in [0, 0.05) is 28.7 Å². The maximum absolute atomic E-state index is 6.86. The van der Waals surface area contributed by atoms with E-state index in [9.17, 15) is 0 Å². The highest BCUT2D eigenvalue weighted by molar-refractivity contribution is 6.32. The molecule has 0 saturated carbocycles. The van der Waals surface area contributed by atoms with Crippen LogP contribution in [-0.2, 0) is 6.42 Å². The minimum atomic E-state index is 0.0893. The molecule has 3 heterocycles. The Labute approximate surface area is 226 Å². The standard InChI is InChI=1S/C32H36Cl2N2/c33-29-14-6-4-12-27(29)31(28-13-5-7-15-30(28)34)36-25-16-17-26(36)22-32(21-25,23-35-18-8-9-19-35)20-24-10-2-1-3-11-24/h1-7,10-15,25-26,31H,8-9,16-23H2/t25-,26+,32?. The third kappa shape index (κ3) is 4.86. The fourth-order valence-electron chi connectivity index (χ4n) is 7.56. The summed E-state index contributed by atoms with van der Waals surface area (Å²) >= 11 is 13.7. The van der Waals surface area contributed by atoms with Crippen molar-refractivity contribution in [3.05, 3.63) is 106 Å². The monoisotopic (exact) mass is 518 g/mol. The van der Waals surface area contributed by atoms with E-state index in [4.69, 9.17) is 23.2 Å². The largest absolute Gasteiger partial charge is 0.303 e. The molecule has 3 aromatic rings. The molecule has 3 aliphatic heterocycles. The van der Waals surface area contributed by atoms with Crippen molar-refractivity contribution in [2.24, 2.45) is 5.41 Å². The molecule has 6 rings (SSSR count). The number of likely N-dealkylation sites (tertiary alicyclic amines) is 1. The highest BCUT2D eigenvalue weighted by Gasteiger charge is 2.51. The van der Waals surface area contributed by atoms with Gasteiger partial charge in [-0.1, -0.05) is 89.9 Å². The topological polar surface area (TPSA) is 6.48 Å². The Morgan fingerprint density at radius 3 is 1.81 bits per heavy atom. The van der Waals surface area contributed by atoms with Crippen LogP contribution in [0, 0.1) is 5.41 Å². The lowest BCUT2D eigenvalue weighted by Gasteiger charge is -2.51. The fraction of sp³-hybridized carbons (Fsp3) is 0.438. The zero-order valence-electron chi connectivity index (χ0n) is 21.0. The molecule has 0 spiro atoms. The molecule has 1 unspecified atom stereocenters. The zero-order valence-corrected chi connectivity index (χ0v) is 22.5. The van der Waals surface area contributed by atoms with Gasteiger partial charge in [-0.2, -0.15) is 0 Å². The molecule has 0 aliphatic carbocycles. The van der Waals surface area contributed by atoms with E-state index in [0.717, 1.165) is 10.0 Å². The Morgan fingerprint density at radius 2 is 1.25 bits per heavy atom. The minimum Gasteiger partial charge on any atom is -0.303 e. The average molecular weight is 520 g/mol. The van der Waals surface area contributed by atoms with Crippen LogP contribution in [0.1, 0.15) is 61.3 Å². The minimum absolute atomic E-state index is 0.0893. The van der Waals surface area contributed by atoms with Gasteiger partial charge in [0.2, 0.25) is 0 Å². The summed E-state index contributed by atoms with van der Waals surface area (Å²) in [4.78, 5) is 5.55. The summed E-state index contributed by atoms with van der Waals surface area (Å²) in [7, 11) is 0. The first-order valence-corrected chi connectivity index (χ1v) is 14.4. The van der Waals surface area contributed by atoms with Crippen LogP contribution in [0.5, 0.6) is 0 Å². The van der Waals surface area contributed by atoms with Crippen molar-refractivity contribution in [2.45, 2.75) is 63.1 Å². The molecule has 36 heavy (non-hydrogen) atoms. The maximum Gasteiger partial charge on any atom is 0.0636 e. The Morgan fingerprint density at radius 1 is 0.722 bits per heavy atom. The Bertz CT molecular complexity index is 1110. The first-order valence-electron chi connectivity index (χ1n) is 13.6. The highest BCUT2D eigenvalue weighted by atomic mass is 35.5. The number of rotatable bonds is 7. The molecule has 3 aliphatic rings. The van der Waals surface area contributed by atoms with Crippen LogP contribution in [0.15, 0.2) is 78.9 Å². The average Bonchev–Trinajstić information content (AvgIpc) is 3.48. The second-order valence-electron chi connectivity index (χ2n) is 11.3. The maximum atomic E-state index is 6.86. The molecule has 0 N–H and O–H groups in total. The molecule has 0 aromatic heterocycles. The van der Waals surface area contributed by atoms with Gasteiger partial charge in [0.1, 0.15) is 0 Å². The third-order valence-electron chi connectivity index (χ3n) is 8.89. The summed E-state index contributed by atoms with van der Waals surface area (Å²) < 4.78 is 0. The smallest absolute Gasteiger partial charge is 0.0636 e. The van der Waals surface area contributed by atoms with Crippen LogP contribution in [0.3, 0.4) is 0 Å². The summed E-state index contributed by atoms with van der Waals surface area (Å²) in [5.74, 6) is 0. The lowest BCUT2D eigenvalue weighted by Crippen LogP contribution is -2.53. The molecule has 3 fully saturated rings. The Kier molecular flexibility index (Phi) is 7.14. The van der Waals surface area contributed by atoms with Gasteiger partial charge < -0.3 is 4.90 Å². The second kappa shape index (κ2) is 10.5. The number of piperidine rings is 1. The van der Waals surface area contributed by atoms with E-state index < -0.39 is 0 Å². The molecule has 2 nitrogen and oxygen atoms in total. The summed E-state index contributed by atoms with van der Waals surface area (Å²) in [6.07, 6.45) is 8.86. The number of fused-ring (bicyclic) bond motifs is 2. The van der Waals surface area contributed by atoms with Crippen molar-refractivity contribution in [2.75, 3.05) is 19.6 Å². The van der Waals surface area contributed by atoms with E-state index >= 15 is 0 Å². The summed E-state index contributed by atoms with van der Waals surface area (Å²) in [6.45, 7) is 3.75. The van der Waals surface area contributed by atoms with Gasteiger partial charge in [0.25, 0.3) is 0 Å². The first kappa shape index (κ1) is 24.5. The molecular formula is C32H36Cl2N2. The number of nitrogens with zero attached hydrogens (tertiary/aromatic N) is 2. The van der Waals surface area contributed by atoms with Crippen molar-refractivity contribution in [1.29, 1.82) is 0 Å². The van der Waals surface area contributed by atoms with Crippen LogP contribution in [0.2, 0.25) is 10.0 Å². The van der Waals surface area contributed by atoms with E-state index in [-0.39, 0.29) is 6.04 Å². The molecule has 3 atom stereocenters. The number of hydrogen-bond acceptors (Lipinski definition) is 2. The van der Waals surface area contributed by atoms with E-state index in [1.807, 2.05) is 24.3 Å². The number of hydrogen-bond donors (Lipinski definition) is 0. The quantitative estimate of drug-likeness (QED) is 0.312. The van der Waals surface area contributed by atoms with Crippen LogP contribution >= 0.6 is 23.2 Å². The Balaban J connectivity index is 1.37. The van der Waals surface area contributed by atoms with Crippen molar-refractivity contribution < 1.29 is 0 Å². The molecule has 0 radical (unpaired) electrons. The fourth-order valence-corrected chi connectivity index (χ4v) is 8.03. The zero-order chi connectivity index (χ0) is 24.5. The summed E-state index contributed by atoms with van der Waals surface area (Å²) in [5.41, 5.74) is 4.16. The third-order valence-corrected chi connectivity index (χ3v) is 9.58. The van der Waals surface area contributed by atoms with Gasteiger partial charge >= 0.3 is 0 Å². The van der Waals surface area contributed by atoms with Gasteiger partial charge in [-0.05, 0) is 92.3 Å². The van der Waals surface area contributed by atoms with Crippen molar-refractivity contribution in [3.8, 4) is 0 Å². The molecule has 188 valence electrons. The van der Waals surface area contributed by atoms with Crippen molar-refractivity contribution in [3.63, 3.8) is 0 Å². The van der Waals surface area contributed by atoms with Crippen LogP contribution in [0.25, 0.3) is 0 Å². The molecule has 3 saturated heterocycles. The predicted octanol–water partition coefficient (Wildman–Crippen LogP) is 8.03. The number of halogens is 2. The van der Waals surface area contributed by atoms with Crippen molar-refractivity contribution in [1.82, 2.24) is 9.80 Å². The summed E-state index contributed by atoms with van der Waals surface area (Å²) in [6, 6.07) is 29.1. The summed E-state index contributed by atoms with van der Waals surface area (Å²) in [5, 5.41) is 1.67. The Hall–Kier alpha value is -1.84. The van der Waals surface area contributed by atoms with Gasteiger partial charge in [0.15, 0.2) is 0 Å². The van der Waals surface area contributed by atoms with Gasteiger partial charge in [0.05, 0.1) is 6.04 Å². The molecule has 4 heteroatoms. The lowest BCUT2D eigenvalue weighted by molar-refractivity contribution is 0.00341. The van der Waals surface area contributed by atoms with Gasteiger partial charge in [-0.15, -0.1) is 0 Å². The lowest BCUT2D eigenvalue weighted by atomic mass is 9.69. The molecule has 3 aromatic carbocycles. The van der Waals surface area contributed by atoms with E-state index in [0.29, 0.717) is 17.5 Å². The van der Waals surface area contributed by atoms with Crippen LogP contribution < -0.4 is 0 Å². The van der Waals surface area contributed by atoms with Crippen LogP contribution in [-0.4, -0.2) is 41.5 Å². The van der Waals surface area contributed by atoms with E-state index in [1.165, 1.54) is 81.3 Å². The predicted molar refractivity (Wildman–Crippen MR) is 151 cm³/mol. The van der Waals surface area contributed by atoms with Gasteiger partial charge in [-0.25, -0.2) is 0 Å². The molecular weight excluding hydrogens is 483 g/mol. The first-order chi connectivity index (χ1) is 17.6. The number of benzene rings is 3. The molecule has 0 amide bonds. The van der Waals surface area contributed by atoms with E-state index in [1.54, 1.807) is 0 Å². The second-order valence-corrected chi connectivity index (χ2v) is 12.1. The SMILES string of the molecule is Clc1ccccc1C(c1ccccc1Cl)N1[C@@H]2CC[C@H]1CC(Cc1ccccc1)(CN1CCCC1)C2.